The second kappa shape index (κ2) is 7.64. The van der Waals surface area contributed by atoms with Gasteiger partial charge in [0.05, 0.1) is 13.2 Å². The van der Waals surface area contributed by atoms with Crippen LogP contribution in [-0.4, -0.2) is 36.2 Å². The molecule has 0 aliphatic carbocycles. The average molecular weight is 375 g/mol. The highest BCUT2D eigenvalue weighted by molar-refractivity contribution is 5.83. The molecule has 5 N–H and O–H groups in total. The van der Waals surface area contributed by atoms with Gasteiger partial charge in [0.15, 0.2) is 0 Å². The fourth-order valence-corrected chi connectivity index (χ4v) is 3.44. The van der Waals surface area contributed by atoms with Gasteiger partial charge in [-0.05, 0) is 30.7 Å². The first-order valence-corrected chi connectivity index (χ1v) is 9.45. The molecule has 144 valence electrons. The molecule has 1 atom stereocenters. The van der Waals surface area contributed by atoms with Crippen LogP contribution in [0.3, 0.4) is 0 Å². The summed E-state index contributed by atoms with van der Waals surface area (Å²) < 4.78 is 5.40. The summed E-state index contributed by atoms with van der Waals surface area (Å²) in [5.74, 6) is 6.94. The summed E-state index contributed by atoms with van der Waals surface area (Å²) in [6.07, 6.45) is 3.56. The molecule has 1 saturated heterocycles. The second-order valence-corrected chi connectivity index (χ2v) is 7.39. The van der Waals surface area contributed by atoms with Crippen molar-refractivity contribution in [3.8, 4) is 11.8 Å². The van der Waals surface area contributed by atoms with Crippen LogP contribution in [0.5, 0.6) is 0 Å². The lowest BCUT2D eigenvalue weighted by molar-refractivity contribution is 0.0342. The largest absolute Gasteiger partial charge is 0.384 e. The minimum absolute atomic E-state index is 0.455. The van der Waals surface area contributed by atoms with E-state index in [4.69, 9.17) is 16.2 Å². The SMILES string of the molecule is CC1(N)NC=C(C#Cc2ccc(CN3CCOCC3)cc2)c2cc(N)ncc21. The third-order valence-electron chi connectivity index (χ3n) is 5.10. The van der Waals surface area contributed by atoms with Crippen molar-refractivity contribution >= 4 is 11.4 Å². The Bertz CT molecular complexity index is 947. The maximum atomic E-state index is 6.31. The van der Waals surface area contributed by atoms with Gasteiger partial charge in [0.25, 0.3) is 0 Å². The molecule has 2 aliphatic heterocycles. The molecule has 2 aliphatic rings. The van der Waals surface area contributed by atoms with Gasteiger partial charge in [-0.3, -0.25) is 4.90 Å². The number of ether oxygens (including phenoxy) is 1. The van der Waals surface area contributed by atoms with Gasteiger partial charge >= 0.3 is 0 Å². The lowest BCUT2D eigenvalue weighted by Crippen LogP contribution is -2.47. The Kier molecular flexibility index (Phi) is 5.05. The smallest absolute Gasteiger partial charge is 0.123 e. The van der Waals surface area contributed by atoms with Crippen LogP contribution in [0.4, 0.5) is 5.82 Å². The average Bonchev–Trinajstić information content (AvgIpc) is 2.69. The van der Waals surface area contributed by atoms with Gasteiger partial charge < -0.3 is 21.5 Å². The Hall–Kier alpha value is -2.85. The molecule has 0 radical (unpaired) electrons. The number of pyridine rings is 1. The molecular formula is C22H25N5O. The van der Waals surface area contributed by atoms with E-state index >= 15 is 0 Å². The van der Waals surface area contributed by atoms with E-state index in [1.807, 2.05) is 19.2 Å². The maximum absolute atomic E-state index is 6.31. The molecule has 6 nitrogen and oxygen atoms in total. The summed E-state index contributed by atoms with van der Waals surface area (Å²) in [4.78, 5) is 6.57. The van der Waals surface area contributed by atoms with Crippen molar-refractivity contribution in [2.24, 2.45) is 5.73 Å². The third-order valence-corrected chi connectivity index (χ3v) is 5.10. The Morgan fingerprint density at radius 3 is 2.71 bits per heavy atom. The van der Waals surface area contributed by atoms with Crippen LogP contribution in [0.15, 0.2) is 42.7 Å². The standard InChI is InChI=1S/C22H25N5O/c1-22(24)20-14-25-21(23)12-19(20)18(13-26-22)7-6-16-2-4-17(5-3-16)15-27-8-10-28-11-9-27/h2-5,12-14,26H,8-11,15,24H2,1H3,(H2,23,25). The molecule has 2 aromatic rings. The summed E-state index contributed by atoms with van der Waals surface area (Å²) in [6.45, 7) is 6.45. The number of nitrogens with two attached hydrogens (primary N) is 2. The molecule has 28 heavy (non-hydrogen) atoms. The van der Waals surface area contributed by atoms with Crippen molar-refractivity contribution in [1.82, 2.24) is 15.2 Å². The quantitative estimate of drug-likeness (QED) is 0.692. The summed E-state index contributed by atoms with van der Waals surface area (Å²) in [6, 6.07) is 10.2. The molecule has 0 amide bonds. The molecule has 1 fully saturated rings. The Morgan fingerprint density at radius 1 is 1.21 bits per heavy atom. The summed E-state index contributed by atoms with van der Waals surface area (Å²) in [5, 5.41) is 3.19. The monoisotopic (exact) mass is 375 g/mol. The number of hydrogen-bond donors (Lipinski definition) is 3. The minimum Gasteiger partial charge on any atom is -0.384 e. The van der Waals surface area contributed by atoms with Crippen molar-refractivity contribution < 1.29 is 4.74 Å². The molecule has 1 unspecified atom stereocenters. The van der Waals surface area contributed by atoms with Gasteiger partial charge in [0.2, 0.25) is 0 Å². The van der Waals surface area contributed by atoms with E-state index in [0.29, 0.717) is 5.82 Å². The molecule has 0 spiro atoms. The van der Waals surface area contributed by atoms with Gasteiger partial charge in [-0.2, -0.15) is 0 Å². The number of nitrogens with zero attached hydrogens (tertiary/aromatic N) is 2. The van der Waals surface area contributed by atoms with Crippen molar-refractivity contribution in [1.29, 1.82) is 0 Å². The van der Waals surface area contributed by atoms with Gasteiger partial charge in [0.1, 0.15) is 11.5 Å². The number of rotatable bonds is 2. The number of aromatic nitrogens is 1. The first kappa shape index (κ1) is 18.5. The number of hydrogen-bond acceptors (Lipinski definition) is 6. The van der Waals surface area contributed by atoms with E-state index in [9.17, 15) is 0 Å². The van der Waals surface area contributed by atoms with Crippen LogP contribution in [-0.2, 0) is 16.9 Å². The Labute approximate surface area is 165 Å². The van der Waals surface area contributed by atoms with E-state index < -0.39 is 5.66 Å². The van der Waals surface area contributed by atoms with E-state index in [1.54, 1.807) is 6.20 Å². The molecule has 1 aromatic carbocycles. The predicted molar refractivity (Wildman–Crippen MR) is 111 cm³/mol. The van der Waals surface area contributed by atoms with E-state index in [2.05, 4.69) is 51.3 Å². The first-order valence-electron chi connectivity index (χ1n) is 9.45. The molecule has 6 heteroatoms. The fraction of sp³-hybridized carbons (Fsp3) is 0.318. The van der Waals surface area contributed by atoms with Crippen molar-refractivity contribution in [3.63, 3.8) is 0 Å². The number of fused-ring (bicyclic) bond motifs is 1. The lowest BCUT2D eigenvalue weighted by atomic mass is 9.91. The van der Waals surface area contributed by atoms with Crippen LogP contribution in [0.2, 0.25) is 0 Å². The summed E-state index contributed by atoms with van der Waals surface area (Å²) in [5.41, 5.74) is 16.4. The Morgan fingerprint density at radius 2 is 1.96 bits per heavy atom. The number of nitrogen functional groups attached to an aromatic ring is 1. The normalized spacial score (nSPS) is 21.7. The summed E-state index contributed by atoms with van der Waals surface area (Å²) in [7, 11) is 0. The third kappa shape index (κ3) is 4.02. The Balaban J connectivity index is 1.51. The zero-order chi connectivity index (χ0) is 19.6. The number of anilines is 1. The van der Waals surface area contributed by atoms with Gasteiger partial charge in [0, 0.05) is 54.3 Å². The maximum Gasteiger partial charge on any atom is 0.123 e. The molecule has 3 heterocycles. The van der Waals surface area contributed by atoms with E-state index in [0.717, 1.165) is 55.1 Å². The number of allylic oxidation sites excluding steroid dienone is 1. The van der Waals surface area contributed by atoms with Crippen LogP contribution >= 0.6 is 0 Å². The van der Waals surface area contributed by atoms with Gasteiger partial charge in [-0.1, -0.05) is 24.0 Å². The highest BCUT2D eigenvalue weighted by atomic mass is 16.5. The van der Waals surface area contributed by atoms with Crippen LogP contribution in [0.1, 0.15) is 29.2 Å². The van der Waals surface area contributed by atoms with Gasteiger partial charge in [-0.15, -0.1) is 0 Å². The van der Waals surface area contributed by atoms with Crippen LogP contribution in [0.25, 0.3) is 5.57 Å². The highest BCUT2D eigenvalue weighted by Crippen LogP contribution is 2.30. The molecule has 4 rings (SSSR count). The number of morpholine rings is 1. The van der Waals surface area contributed by atoms with Crippen LogP contribution < -0.4 is 16.8 Å². The zero-order valence-corrected chi connectivity index (χ0v) is 16.0. The second-order valence-electron chi connectivity index (χ2n) is 7.39. The van der Waals surface area contributed by atoms with E-state index in [-0.39, 0.29) is 0 Å². The number of nitrogens with one attached hydrogen (secondary N) is 1. The molecule has 0 bridgehead atoms. The van der Waals surface area contributed by atoms with Crippen molar-refractivity contribution in [3.05, 3.63) is 65.0 Å². The fourth-order valence-electron chi connectivity index (χ4n) is 3.44. The molecular weight excluding hydrogens is 350 g/mol. The summed E-state index contributed by atoms with van der Waals surface area (Å²) >= 11 is 0. The highest BCUT2D eigenvalue weighted by Gasteiger charge is 2.28. The van der Waals surface area contributed by atoms with E-state index in [1.165, 1.54) is 5.56 Å². The zero-order valence-electron chi connectivity index (χ0n) is 16.0. The van der Waals surface area contributed by atoms with Crippen molar-refractivity contribution in [2.75, 3.05) is 32.0 Å². The molecule has 0 saturated carbocycles. The first-order chi connectivity index (χ1) is 13.5. The number of benzene rings is 1. The van der Waals surface area contributed by atoms with Gasteiger partial charge in [-0.25, -0.2) is 4.98 Å². The topological polar surface area (TPSA) is 89.4 Å². The minimum atomic E-state index is -0.692. The lowest BCUT2D eigenvalue weighted by Gasteiger charge is -2.31. The predicted octanol–water partition coefficient (Wildman–Crippen LogP) is 1.62. The molecule has 1 aromatic heterocycles. The van der Waals surface area contributed by atoms with Crippen molar-refractivity contribution in [2.45, 2.75) is 19.1 Å². The van der Waals surface area contributed by atoms with Crippen LogP contribution in [0, 0.1) is 11.8 Å².